The minimum absolute atomic E-state index is 0.0270. The first-order valence-electron chi connectivity index (χ1n) is 8.97. The van der Waals surface area contributed by atoms with Gasteiger partial charge in [0.2, 0.25) is 5.91 Å². The van der Waals surface area contributed by atoms with Crippen LogP contribution in [0.15, 0.2) is 18.3 Å². The molecule has 0 spiro atoms. The van der Waals surface area contributed by atoms with Crippen molar-refractivity contribution in [3.05, 3.63) is 23.9 Å². The Morgan fingerprint density at radius 1 is 1.25 bits per heavy atom. The van der Waals surface area contributed by atoms with Gasteiger partial charge < -0.3 is 15.3 Å². The van der Waals surface area contributed by atoms with E-state index in [1.54, 1.807) is 32.4 Å². The smallest absolute Gasteiger partial charge is 0.426 e. The molecule has 1 heterocycles. The Hall–Kier alpha value is -2.75. The van der Waals surface area contributed by atoms with E-state index in [0.717, 1.165) is 10.6 Å². The molecule has 0 saturated heterocycles. The lowest BCUT2D eigenvalue weighted by atomic mass is 9.84. The van der Waals surface area contributed by atoms with Crippen LogP contribution in [0, 0.1) is 12.8 Å². The number of nitrogens with one attached hydrogen (secondary N) is 2. The molecule has 0 bridgehead atoms. The van der Waals surface area contributed by atoms with Crippen molar-refractivity contribution in [1.82, 2.24) is 20.3 Å². The van der Waals surface area contributed by atoms with Gasteiger partial charge >= 0.3 is 6.09 Å². The van der Waals surface area contributed by atoms with Gasteiger partial charge in [-0.3, -0.25) is 15.0 Å². The zero-order chi connectivity index (χ0) is 20.8. The number of carbonyl (C=O) groups excluding carboxylic acids is 2. The Kier molecular flexibility index (Phi) is 7.27. The van der Waals surface area contributed by atoms with E-state index in [4.69, 9.17) is 12.2 Å². The molecule has 2 atom stereocenters. The van der Waals surface area contributed by atoms with Gasteiger partial charge in [-0.15, -0.1) is 0 Å². The summed E-state index contributed by atoms with van der Waals surface area (Å²) in [6.07, 6.45) is 2.73. The number of anilines is 1. The maximum atomic E-state index is 12.3. The largest absolute Gasteiger partial charge is 0.464 e. The first-order chi connectivity index (χ1) is 13.2. The molecule has 1 saturated carbocycles. The molecule has 28 heavy (non-hydrogen) atoms. The van der Waals surface area contributed by atoms with Crippen molar-refractivity contribution in [1.29, 1.82) is 0 Å². The quantitative estimate of drug-likeness (QED) is 0.517. The summed E-state index contributed by atoms with van der Waals surface area (Å²) in [7, 11) is 3.36. The van der Waals surface area contributed by atoms with Gasteiger partial charge in [0, 0.05) is 26.2 Å². The zero-order valence-corrected chi connectivity index (χ0v) is 17.0. The van der Waals surface area contributed by atoms with Crippen molar-refractivity contribution < 1.29 is 19.5 Å². The molecule has 10 heteroatoms. The molecule has 3 amide bonds. The SMILES string of the molecule is Cc1ccc(NC(=O)C(=S)NN(C(=O)O)C2CCC[C@H](C(=O)N(C)C)C2)nc1. The number of pyridine rings is 1. The van der Waals surface area contributed by atoms with Crippen LogP contribution in [0.3, 0.4) is 0 Å². The maximum absolute atomic E-state index is 12.3. The van der Waals surface area contributed by atoms with Crippen LogP contribution in [0.25, 0.3) is 0 Å². The van der Waals surface area contributed by atoms with E-state index in [0.29, 0.717) is 31.5 Å². The molecular weight excluding hydrogens is 382 g/mol. The summed E-state index contributed by atoms with van der Waals surface area (Å²) in [6.45, 7) is 1.87. The van der Waals surface area contributed by atoms with Crippen LogP contribution in [0.1, 0.15) is 31.2 Å². The molecule has 152 valence electrons. The van der Waals surface area contributed by atoms with Crippen molar-refractivity contribution in [2.24, 2.45) is 5.92 Å². The van der Waals surface area contributed by atoms with Gasteiger partial charge in [-0.25, -0.2) is 14.8 Å². The van der Waals surface area contributed by atoms with Crippen molar-refractivity contribution in [2.75, 3.05) is 19.4 Å². The van der Waals surface area contributed by atoms with Crippen LogP contribution in [-0.4, -0.2) is 63.0 Å². The average molecular weight is 407 g/mol. The molecule has 1 aromatic rings. The highest BCUT2D eigenvalue weighted by Gasteiger charge is 2.34. The number of hydrogen-bond acceptors (Lipinski definition) is 5. The van der Waals surface area contributed by atoms with E-state index in [2.05, 4.69) is 15.7 Å². The molecule has 0 radical (unpaired) electrons. The van der Waals surface area contributed by atoms with Crippen molar-refractivity contribution in [3.8, 4) is 0 Å². The molecule has 3 N–H and O–H groups in total. The lowest BCUT2D eigenvalue weighted by Crippen LogP contribution is -2.55. The Morgan fingerprint density at radius 2 is 1.96 bits per heavy atom. The highest BCUT2D eigenvalue weighted by Crippen LogP contribution is 2.28. The number of thiocarbonyl (C=S) groups is 1. The van der Waals surface area contributed by atoms with Gasteiger partial charge in [0.25, 0.3) is 5.91 Å². The lowest BCUT2D eigenvalue weighted by Gasteiger charge is -2.36. The van der Waals surface area contributed by atoms with Crippen molar-refractivity contribution in [2.45, 2.75) is 38.6 Å². The van der Waals surface area contributed by atoms with Crippen LogP contribution < -0.4 is 10.7 Å². The molecular formula is C18H25N5O4S. The third kappa shape index (κ3) is 5.62. The number of hydrogen-bond donors (Lipinski definition) is 3. The molecule has 1 unspecified atom stereocenters. The predicted molar refractivity (Wildman–Crippen MR) is 108 cm³/mol. The van der Waals surface area contributed by atoms with E-state index in [-0.39, 0.29) is 16.8 Å². The van der Waals surface area contributed by atoms with Crippen LogP contribution in [0.5, 0.6) is 0 Å². The number of aromatic nitrogens is 1. The topological polar surface area (TPSA) is 115 Å². The number of nitrogens with zero attached hydrogens (tertiary/aromatic N) is 3. The van der Waals surface area contributed by atoms with Crippen molar-refractivity contribution in [3.63, 3.8) is 0 Å². The Labute approximate surface area is 169 Å². The highest BCUT2D eigenvalue weighted by molar-refractivity contribution is 7.82. The van der Waals surface area contributed by atoms with E-state index in [9.17, 15) is 19.5 Å². The van der Waals surface area contributed by atoms with Crippen LogP contribution in [0.2, 0.25) is 0 Å². The standard InChI is InChI=1S/C18H25N5O4S/c1-11-7-8-14(19-10-11)20-15(24)16(28)21-23(18(26)27)13-6-4-5-12(9-13)17(25)22(2)3/h7-8,10,12-13H,4-6,9H2,1-3H3,(H,21,28)(H,26,27)(H,19,20,24)/t12-,13?/m0/s1. The Morgan fingerprint density at radius 3 is 2.54 bits per heavy atom. The maximum Gasteiger partial charge on any atom is 0.426 e. The van der Waals surface area contributed by atoms with Gasteiger partial charge in [-0.1, -0.05) is 24.7 Å². The molecule has 2 rings (SSSR count). The molecule has 1 fully saturated rings. The van der Waals surface area contributed by atoms with Crippen molar-refractivity contribution >= 4 is 40.9 Å². The third-order valence-corrected chi connectivity index (χ3v) is 4.87. The highest BCUT2D eigenvalue weighted by atomic mass is 32.1. The minimum atomic E-state index is -1.26. The number of aryl methyl sites for hydroxylation is 1. The van der Waals surface area contributed by atoms with E-state index in [1.165, 1.54) is 4.90 Å². The second-order valence-corrected chi connectivity index (χ2v) is 7.43. The molecule has 1 aliphatic carbocycles. The van der Waals surface area contributed by atoms with Gasteiger partial charge in [0.1, 0.15) is 5.82 Å². The number of amides is 3. The number of hydrazine groups is 1. The van der Waals surface area contributed by atoms with Crippen LogP contribution in [-0.2, 0) is 9.59 Å². The predicted octanol–water partition coefficient (Wildman–Crippen LogP) is 1.79. The van der Waals surface area contributed by atoms with E-state index < -0.39 is 18.0 Å². The van der Waals surface area contributed by atoms with Gasteiger partial charge in [-0.05, 0) is 37.8 Å². The molecule has 1 aromatic heterocycles. The Balaban J connectivity index is 2.02. The lowest BCUT2D eigenvalue weighted by molar-refractivity contribution is -0.134. The molecule has 9 nitrogen and oxygen atoms in total. The summed E-state index contributed by atoms with van der Waals surface area (Å²) < 4.78 is 0. The normalized spacial score (nSPS) is 18.7. The Bertz CT molecular complexity index is 753. The second kappa shape index (κ2) is 9.45. The van der Waals surface area contributed by atoms with Crippen LogP contribution >= 0.6 is 12.2 Å². The first kappa shape index (κ1) is 21.5. The monoisotopic (exact) mass is 407 g/mol. The average Bonchev–Trinajstić information content (AvgIpc) is 2.66. The first-order valence-corrected chi connectivity index (χ1v) is 9.37. The van der Waals surface area contributed by atoms with Gasteiger partial charge in [0.05, 0.1) is 6.04 Å². The van der Waals surface area contributed by atoms with E-state index >= 15 is 0 Å². The van der Waals surface area contributed by atoms with Gasteiger partial charge in [-0.2, -0.15) is 0 Å². The summed E-state index contributed by atoms with van der Waals surface area (Å²) in [5.41, 5.74) is 3.45. The van der Waals surface area contributed by atoms with E-state index in [1.807, 2.05) is 6.92 Å². The second-order valence-electron chi connectivity index (χ2n) is 7.02. The summed E-state index contributed by atoms with van der Waals surface area (Å²) in [6, 6.07) is 2.96. The molecule has 1 aliphatic rings. The minimum Gasteiger partial charge on any atom is -0.464 e. The fraction of sp³-hybridized carbons (Fsp3) is 0.500. The fourth-order valence-corrected chi connectivity index (χ4v) is 3.31. The molecule has 0 aliphatic heterocycles. The summed E-state index contributed by atoms with van der Waals surface area (Å²) in [5.74, 6) is -0.623. The zero-order valence-electron chi connectivity index (χ0n) is 16.1. The van der Waals surface area contributed by atoms with Gasteiger partial charge in [0.15, 0.2) is 4.99 Å². The number of carbonyl (C=O) groups is 3. The third-order valence-electron chi connectivity index (χ3n) is 4.59. The summed E-state index contributed by atoms with van der Waals surface area (Å²) in [5, 5.41) is 13.0. The summed E-state index contributed by atoms with van der Waals surface area (Å²) >= 11 is 5.06. The molecule has 0 aromatic carbocycles. The number of carboxylic acid groups (broad SMARTS) is 1. The fourth-order valence-electron chi connectivity index (χ4n) is 3.16. The van der Waals surface area contributed by atoms with Crippen LogP contribution in [0.4, 0.5) is 10.6 Å². The number of rotatable bonds is 3. The summed E-state index contributed by atoms with van der Waals surface area (Å²) in [4.78, 5) is 41.5.